The molecule has 164 valence electrons. The number of hydrogen-bond donors (Lipinski definition) is 1. The van der Waals surface area contributed by atoms with Gasteiger partial charge in [-0.1, -0.05) is 48.2 Å². The Morgan fingerprint density at radius 3 is 2.69 bits per heavy atom. The molecule has 32 heavy (non-hydrogen) atoms. The van der Waals surface area contributed by atoms with E-state index in [-0.39, 0.29) is 5.91 Å². The van der Waals surface area contributed by atoms with E-state index in [1.807, 2.05) is 38.1 Å². The molecule has 0 aliphatic heterocycles. The minimum Gasteiger partial charge on any atom is -0.494 e. The second kappa shape index (κ2) is 10.4. The van der Waals surface area contributed by atoms with Gasteiger partial charge in [0.2, 0.25) is 16.9 Å². The second-order valence-electron chi connectivity index (χ2n) is 6.80. The smallest absolute Gasteiger partial charge is 0.257 e. The van der Waals surface area contributed by atoms with Gasteiger partial charge < -0.3 is 9.15 Å². The van der Waals surface area contributed by atoms with Crippen molar-refractivity contribution < 1.29 is 13.9 Å². The van der Waals surface area contributed by atoms with Crippen LogP contribution in [0.2, 0.25) is 0 Å². The highest BCUT2D eigenvalue weighted by atomic mass is 32.2. The van der Waals surface area contributed by atoms with Crippen molar-refractivity contribution in [3.63, 3.8) is 0 Å². The first-order valence-electron chi connectivity index (χ1n) is 10.0. The predicted molar refractivity (Wildman–Crippen MR) is 124 cm³/mol. The van der Waals surface area contributed by atoms with Crippen molar-refractivity contribution in [2.45, 2.75) is 30.4 Å². The van der Waals surface area contributed by atoms with Crippen molar-refractivity contribution in [2.75, 3.05) is 11.9 Å². The summed E-state index contributed by atoms with van der Waals surface area (Å²) in [6.07, 6.45) is 0.931. The number of thioether (sulfide) groups is 1. The summed E-state index contributed by atoms with van der Waals surface area (Å²) in [5, 5.41) is 19.6. The Hall–Kier alpha value is -3.24. The molecule has 1 amide bonds. The van der Waals surface area contributed by atoms with Crippen LogP contribution in [0.15, 0.2) is 57.3 Å². The standard InChI is InChI=1S/C22H21N5O3S2/c1-3-12-29-16-10-8-15(9-11-16)19(28)23-21-26-27-22(32-21)31-13-18-24-25-20(30-18)17-7-5-4-6-14(17)2/h4-11H,3,12-13H2,1-2H3,(H,23,26,28). The maximum absolute atomic E-state index is 12.4. The molecule has 4 rings (SSSR count). The SMILES string of the molecule is CCCOc1ccc(C(=O)Nc2nnc(SCc3nnc(-c4ccccc4C)o3)s2)cc1. The van der Waals surface area contributed by atoms with Gasteiger partial charge in [-0.05, 0) is 49.2 Å². The molecule has 0 saturated heterocycles. The van der Waals surface area contributed by atoms with Crippen LogP contribution in [0.5, 0.6) is 5.75 Å². The Morgan fingerprint density at radius 2 is 1.91 bits per heavy atom. The van der Waals surface area contributed by atoms with Crippen LogP contribution in [0.25, 0.3) is 11.5 Å². The van der Waals surface area contributed by atoms with Crippen molar-refractivity contribution in [1.82, 2.24) is 20.4 Å². The molecule has 8 nitrogen and oxygen atoms in total. The number of nitrogens with one attached hydrogen (secondary N) is 1. The minimum absolute atomic E-state index is 0.250. The lowest BCUT2D eigenvalue weighted by Gasteiger charge is -2.05. The normalized spacial score (nSPS) is 10.8. The maximum Gasteiger partial charge on any atom is 0.257 e. The average Bonchev–Trinajstić information content (AvgIpc) is 3.46. The molecule has 2 aromatic carbocycles. The second-order valence-corrected chi connectivity index (χ2v) is 9.00. The van der Waals surface area contributed by atoms with Crippen molar-refractivity contribution in [1.29, 1.82) is 0 Å². The molecule has 0 radical (unpaired) electrons. The van der Waals surface area contributed by atoms with Crippen LogP contribution in [-0.4, -0.2) is 32.9 Å². The third-order valence-electron chi connectivity index (χ3n) is 4.38. The van der Waals surface area contributed by atoms with Gasteiger partial charge in [0.25, 0.3) is 5.91 Å². The number of benzene rings is 2. The highest BCUT2D eigenvalue weighted by molar-refractivity contribution is 8.00. The fourth-order valence-electron chi connectivity index (χ4n) is 2.77. The molecule has 0 saturated carbocycles. The van der Waals surface area contributed by atoms with Crippen LogP contribution in [0.1, 0.15) is 35.2 Å². The number of carbonyl (C=O) groups is 1. The topological polar surface area (TPSA) is 103 Å². The Bertz CT molecular complexity index is 1190. The number of anilines is 1. The number of hydrogen-bond acceptors (Lipinski definition) is 9. The number of carbonyl (C=O) groups excluding carboxylic acids is 1. The highest BCUT2D eigenvalue weighted by Gasteiger charge is 2.14. The third-order valence-corrected chi connectivity index (χ3v) is 6.33. The van der Waals surface area contributed by atoms with E-state index in [1.54, 1.807) is 24.3 Å². The molecule has 4 aromatic rings. The largest absolute Gasteiger partial charge is 0.494 e. The van der Waals surface area contributed by atoms with Gasteiger partial charge >= 0.3 is 0 Å². The van der Waals surface area contributed by atoms with Crippen LogP contribution in [0.4, 0.5) is 5.13 Å². The first kappa shape index (κ1) is 22.0. The fraction of sp³-hybridized carbons (Fsp3) is 0.227. The third kappa shape index (κ3) is 5.51. The Balaban J connectivity index is 1.31. The van der Waals surface area contributed by atoms with Crippen LogP contribution in [0.3, 0.4) is 0 Å². The quantitative estimate of drug-likeness (QED) is 0.264. The summed E-state index contributed by atoms with van der Waals surface area (Å²) in [5.74, 6) is 1.94. The molecule has 0 aliphatic rings. The molecule has 2 aromatic heterocycles. The van der Waals surface area contributed by atoms with Crippen LogP contribution < -0.4 is 10.1 Å². The molecular formula is C22H21N5O3S2. The number of amides is 1. The summed E-state index contributed by atoms with van der Waals surface area (Å²) < 4.78 is 12.0. The summed E-state index contributed by atoms with van der Waals surface area (Å²) in [7, 11) is 0. The lowest BCUT2D eigenvalue weighted by molar-refractivity contribution is 0.102. The summed E-state index contributed by atoms with van der Waals surface area (Å²) in [4.78, 5) is 12.4. The molecule has 10 heteroatoms. The molecule has 2 heterocycles. The zero-order chi connectivity index (χ0) is 22.3. The predicted octanol–water partition coefficient (Wildman–Crippen LogP) is 5.23. The number of rotatable bonds is 9. The van der Waals surface area contributed by atoms with E-state index in [4.69, 9.17) is 9.15 Å². The maximum atomic E-state index is 12.4. The van der Waals surface area contributed by atoms with Gasteiger partial charge in [0.1, 0.15) is 5.75 Å². The molecular weight excluding hydrogens is 446 g/mol. The zero-order valence-corrected chi connectivity index (χ0v) is 19.2. The molecule has 0 spiro atoms. The van der Waals surface area contributed by atoms with Crippen molar-refractivity contribution >= 4 is 34.1 Å². The molecule has 0 unspecified atom stereocenters. The molecule has 1 N–H and O–H groups in total. The summed E-state index contributed by atoms with van der Waals surface area (Å²) in [6.45, 7) is 4.69. The van der Waals surface area contributed by atoms with Gasteiger partial charge in [0, 0.05) is 11.1 Å². The Labute approximate surface area is 193 Å². The monoisotopic (exact) mass is 467 g/mol. The van der Waals surface area contributed by atoms with Gasteiger partial charge in [-0.3, -0.25) is 10.1 Å². The van der Waals surface area contributed by atoms with Gasteiger partial charge in [-0.25, -0.2) is 0 Å². The summed E-state index contributed by atoms with van der Waals surface area (Å²) in [5.41, 5.74) is 2.51. The van der Waals surface area contributed by atoms with Crippen LogP contribution in [0, 0.1) is 6.92 Å². The first-order valence-corrected chi connectivity index (χ1v) is 11.8. The Morgan fingerprint density at radius 1 is 1.09 bits per heavy atom. The average molecular weight is 468 g/mol. The highest BCUT2D eigenvalue weighted by Crippen LogP contribution is 2.29. The van der Waals surface area contributed by atoms with E-state index < -0.39 is 0 Å². The minimum atomic E-state index is -0.250. The van der Waals surface area contributed by atoms with E-state index in [0.29, 0.717) is 39.2 Å². The lowest BCUT2D eigenvalue weighted by atomic mass is 10.1. The van der Waals surface area contributed by atoms with Crippen molar-refractivity contribution in [2.24, 2.45) is 0 Å². The van der Waals surface area contributed by atoms with Crippen molar-refractivity contribution in [3.05, 3.63) is 65.5 Å². The van der Waals surface area contributed by atoms with E-state index in [2.05, 4.69) is 25.7 Å². The van der Waals surface area contributed by atoms with Gasteiger partial charge in [0.15, 0.2) is 4.34 Å². The fourth-order valence-corrected chi connectivity index (χ4v) is 4.35. The van der Waals surface area contributed by atoms with Crippen LogP contribution in [-0.2, 0) is 5.75 Å². The van der Waals surface area contributed by atoms with E-state index in [1.165, 1.54) is 23.1 Å². The van der Waals surface area contributed by atoms with Crippen LogP contribution >= 0.6 is 23.1 Å². The number of nitrogens with zero attached hydrogens (tertiary/aromatic N) is 4. The number of aryl methyl sites for hydroxylation is 1. The van der Waals surface area contributed by atoms with E-state index in [0.717, 1.165) is 23.3 Å². The molecule has 0 aliphatic carbocycles. The lowest BCUT2D eigenvalue weighted by Crippen LogP contribution is -2.11. The summed E-state index contributed by atoms with van der Waals surface area (Å²) in [6, 6.07) is 14.9. The van der Waals surface area contributed by atoms with E-state index in [9.17, 15) is 4.79 Å². The summed E-state index contributed by atoms with van der Waals surface area (Å²) >= 11 is 2.71. The van der Waals surface area contributed by atoms with Crippen molar-refractivity contribution in [3.8, 4) is 17.2 Å². The number of aromatic nitrogens is 4. The molecule has 0 bridgehead atoms. The van der Waals surface area contributed by atoms with Gasteiger partial charge in [0.05, 0.1) is 12.4 Å². The van der Waals surface area contributed by atoms with E-state index >= 15 is 0 Å². The Kier molecular flexibility index (Phi) is 7.13. The zero-order valence-electron chi connectivity index (χ0n) is 17.6. The van der Waals surface area contributed by atoms with Gasteiger partial charge in [-0.15, -0.1) is 20.4 Å². The molecule has 0 fully saturated rings. The first-order chi connectivity index (χ1) is 15.6. The van der Waals surface area contributed by atoms with Gasteiger partial charge in [-0.2, -0.15) is 0 Å². The molecule has 0 atom stereocenters. The number of ether oxygens (including phenoxy) is 1.